The summed E-state index contributed by atoms with van der Waals surface area (Å²) in [5, 5.41) is 0.619. The Hall–Kier alpha value is -1.47. The Labute approximate surface area is 139 Å². The van der Waals surface area contributed by atoms with Crippen LogP contribution in [-0.2, 0) is 14.3 Å². The average molecular weight is 333 g/mol. The van der Waals surface area contributed by atoms with E-state index in [9.17, 15) is 9.59 Å². The van der Waals surface area contributed by atoms with E-state index in [1.807, 2.05) is 20.1 Å². The number of hydrogen-bond acceptors (Lipinski definition) is 6. The second-order valence-corrected chi connectivity index (χ2v) is 7.50. The molecular weight excluding hydrogens is 314 g/mol. The molecule has 4 heterocycles. The van der Waals surface area contributed by atoms with E-state index in [-0.39, 0.29) is 23.7 Å². The minimum Gasteiger partial charge on any atom is -0.367 e. The number of fused-ring (bicyclic) bond motifs is 5. The Morgan fingerprint density at radius 1 is 1.26 bits per heavy atom. The SMILES string of the molecule is CC[C@@]12CC[C@@](C)(O1)[C@H]1C(=O)N(c3cnc(SC)nc3)C(=O)[C@H]12. The zero-order chi connectivity index (χ0) is 16.4. The summed E-state index contributed by atoms with van der Waals surface area (Å²) in [5.74, 6) is -1.09. The van der Waals surface area contributed by atoms with E-state index in [4.69, 9.17) is 4.74 Å². The fourth-order valence-electron chi connectivity index (χ4n) is 4.53. The van der Waals surface area contributed by atoms with E-state index in [0.29, 0.717) is 10.8 Å². The molecule has 0 spiro atoms. The van der Waals surface area contributed by atoms with E-state index in [0.717, 1.165) is 19.3 Å². The van der Waals surface area contributed by atoms with Gasteiger partial charge in [-0.1, -0.05) is 18.7 Å². The summed E-state index contributed by atoms with van der Waals surface area (Å²) in [6.45, 7) is 4.00. The van der Waals surface area contributed by atoms with Crippen LogP contribution in [-0.4, -0.2) is 39.2 Å². The number of carbonyl (C=O) groups excluding carboxylic acids is 2. The van der Waals surface area contributed by atoms with Crippen molar-refractivity contribution in [2.75, 3.05) is 11.2 Å². The van der Waals surface area contributed by atoms with Gasteiger partial charge in [-0.3, -0.25) is 9.59 Å². The second kappa shape index (κ2) is 4.77. The molecule has 4 rings (SSSR count). The van der Waals surface area contributed by atoms with Gasteiger partial charge in [-0.05, 0) is 32.4 Å². The first-order valence-electron chi connectivity index (χ1n) is 7.90. The second-order valence-electron chi connectivity index (χ2n) is 6.73. The highest BCUT2D eigenvalue weighted by Gasteiger charge is 2.73. The van der Waals surface area contributed by atoms with E-state index in [1.165, 1.54) is 16.7 Å². The molecule has 0 unspecified atom stereocenters. The first kappa shape index (κ1) is 15.1. The molecule has 3 saturated heterocycles. The predicted octanol–water partition coefficient (Wildman–Crippen LogP) is 2.04. The molecule has 3 aliphatic heterocycles. The van der Waals surface area contributed by atoms with Crippen LogP contribution in [0.4, 0.5) is 5.69 Å². The molecule has 2 bridgehead atoms. The third-order valence-electron chi connectivity index (χ3n) is 5.67. The molecule has 1 aromatic rings. The van der Waals surface area contributed by atoms with Crippen LogP contribution in [0.15, 0.2) is 17.6 Å². The zero-order valence-electron chi connectivity index (χ0n) is 13.4. The molecule has 23 heavy (non-hydrogen) atoms. The molecule has 0 aromatic carbocycles. The summed E-state index contributed by atoms with van der Waals surface area (Å²) in [6.07, 6.45) is 7.41. The minimum absolute atomic E-state index is 0.161. The van der Waals surface area contributed by atoms with Gasteiger partial charge in [-0.2, -0.15) is 0 Å². The number of rotatable bonds is 3. The normalized spacial score (nSPS) is 38.5. The van der Waals surface area contributed by atoms with Crippen molar-refractivity contribution in [1.29, 1.82) is 0 Å². The Bertz CT molecular complexity index is 694. The summed E-state index contributed by atoms with van der Waals surface area (Å²) in [4.78, 5) is 35.6. The third-order valence-corrected chi connectivity index (χ3v) is 6.24. The van der Waals surface area contributed by atoms with Gasteiger partial charge in [0.05, 0.1) is 41.1 Å². The molecule has 6 nitrogen and oxygen atoms in total. The quantitative estimate of drug-likeness (QED) is 0.479. The van der Waals surface area contributed by atoms with Crippen LogP contribution in [0, 0.1) is 11.8 Å². The number of ether oxygens (including phenoxy) is 1. The van der Waals surface area contributed by atoms with Gasteiger partial charge in [-0.25, -0.2) is 14.9 Å². The first-order chi connectivity index (χ1) is 11.0. The van der Waals surface area contributed by atoms with Crippen LogP contribution >= 0.6 is 11.8 Å². The molecule has 0 radical (unpaired) electrons. The van der Waals surface area contributed by atoms with Crippen LogP contribution in [0.25, 0.3) is 0 Å². The van der Waals surface area contributed by atoms with Crippen LogP contribution in [0.1, 0.15) is 33.1 Å². The monoisotopic (exact) mass is 333 g/mol. The maximum Gasteiger partial charge on any atom is 0.240 e. The number of amides is 2. The number of aromatic nitrogens is 2. The molecule has 0 aliphatic carbocycles. The highest BCUT2D eigenvalue weighted by Crippen LogP contribution is 2.62. The van der Waals surface area contributed by atoms with Gasteiger partial charge in [0.1, 0.15) is 0 Å². The number of nitrogens with zero attached hydrogens (tertiary/aromatic N) is 3. The maximum absolute atomic E-state index is 13.0. The summed E-state index contributed by atoms with van der Waals surface area (Å²) < 4.78 is 6.22. The van der Waals surface area contributed by atoms with Crippen molar-refractivity contribution in [1.82, 2.24) is 9.97 Å². The van der Waals surface area contributed by atoms with Crippen molar-refractivity contribution in [3.8, 4) is 0 Å². The Balaban J connectivity index is 1.75. The van der Waals surface area contributed by atoms with Gasteiger partial charge >= 0.3 is 0 Å². The van der Waals surface area contributed by atoms with Crippen molar-refractivity contribution in [2.45, 2.75) is 49.5 Å². The van der Waals surface area contributed by atoms with Crippen LogP contribution in [0.2, 0.25) is 0 Å². The van der Waals surface area contributed by atoms with Crippen LogP contribution < -0.4 is 4.90 Å². The third kappa shape index (κ3) is 1.80. The molecule has 0 N–H and O–H groups in total. The van der Waals surface area contributed by atoms with Crippen molar-refractivity contribution >= 4 is 29.3 Å². The lowest BCUT2D eigenvalue weighted by Gasteiger charge is -2.29. The van der Waals surface area contributed by atoms with Crippen LogP contribution in [0.3, 0.4) is 0 Å². The maximum atomic E-state index is 13.0. The molecule has 7 heteroatoms. The molecule has 2 amide bonds. The van der Waals surface area contributed by atoms with Crippen molar-refractivity contribution in [2.24, 2.45) is 11.8 Å². The number of imide groups is 1. The zero-order valence-corrected chi connectivity index (χ0v) is 14.2. The highest BCUT2D eigenvalue weighted by atomic mass is 32.2. The Morgan fingerprint density at radius 3 is 2.52 bits per heavy atom. The van der Waals surface area contributed by atoms with Gasteiger partial charge in [0, 0.05) is 0 Å². The smallest absolute Gasteiger partial charge is 0.240 e. The van der Waals surface area contributed by atoms with Gasteiger partial charge in [0.25, 0.3) is 0 Å². The predicted molar refractivity (Wildman–Crippen MR) is 85.0 cm³/mol. The molecule has 122 valence electrons. The molecular formula is C16H19N3O3S. The van der Waals surface area contributed by atoms with Gasteiger partial charge in [-0.15, -0.1) is 0 Å². The lowest BCUT2D eigenvalue weighted by Crippen LogP contribution is -2.41. The van der Waals surface area contributed by atoms with Crippen molar-refractivity contribution < 1.29 is 14.3 Å². The van der Waals surface area contributed by atoms with E-state index in [1.54, 1.807) is 12.4 Å². The standard InChI is InChI=1S/C16H19N3O3S/c1-4-16-6-5-15(2,22-16)10-11(16)13(21)19(12(10)20)9-7-17-14(23-3)18-8-9/h7-8,10-11H,4-6H2,1-3H3/t10-,11+,15-,16+/m1/s1. The van der Waals surface area contributed by atoms with Gasteiger partial charge in [0.2, 0.25) is 11.8 Å². The number of anilines is 1. The molecule has 4 atom stereocenters. The largest absolute Gasteiger partial charge is 0.367 e. The molecule has 3 fully saturated rings. The molecule has 3 aliphatic rings. The fraction of sp³-hybridized carbons (Fsp3) is 0.625. The van der Waals surface area contributed by atoms with Crippen molar-refractivity contribution in [3.63, 3.8) is 0 Å². The number of hydrogen-bond donors (Lipinski definition) is 0. The lowest BCUT2D eigenvalue weighted by atomic mass is 9.67. The highest BCUT2D eigenvalue weighted by molar-refractivity contribution is 7.98. The van der Waals surface area contributed by atoms with E-state index >= 15 is 0 Å². The van der Waals surface area contributed by atoms with Gasteiger partial charge < -0.3 is 4.74 Å². The minimum atomic E-state index is -0.526. The fourth-order valence-corrected chi connectivity index (χ4v) is 4.85. The molecule has 1 aromatic heterocycles. The van der Waals surface area contributed by atoms with E-state index < -0.39 is 11.2 Å². The number of carbonyl (C=O) groups is 2. The van der Waals surface area contributed by atoms with E-state index in [2.05, 4.69) is 9.97 Å². The first-order valence-corrected chi connectivity index (χ1v) is 9.12. The summed E-state index contributed by atoms with van der Waals surface area (Å²) in [6, 6.07) is 0. The Morgan fingerprint density at radius 2 is 1.91 bits per heavy atom. The summed E-state index contributed by atoms with van der Waals surface area (Å²) >= 11 is 1.42. The Kier molecular flexibility index (Phi) is 3.13. The summed E-state index contributed by atoms with van der Waals surface area (Å²) in [7, 11) is 0. The average Bonchev–Trinajstić information content (AvgIpc) is 3.14. The lowest BCUT2D eigenvalue weighted by molar-refractivity contribution is -0.130. The molecule has 0 saturated carbocycles. The van der Waals surface area contributed by atoms with Crippen LogP contribution in [0.5, 0.6) is 0 Å². The summed E-state index contributed by atoms with van der Waals surface area (Å²) in [5.41, 5.74) is -0.551. The topological polar surface area (TPSA) is 72.4 Å². The van der Waals surface area contributed by atoms with Crippen molar-refractivity contribution in [3.05, 3.63) is 12.4 Å². The number of thioether (sulfide) groups is 1. The van der Waals surface area contributed by atoms with Gasteiger partial charge in [0.15, 0.2) is 5.16 Å².